The number of hydrogen-bond acceptors (Lipinski definition) is 5. The van der Waals surface area contributed by atoms with E-state index in [0.717, 1.165) is 28.8 Å². The van der Waals surface area contributed by atoms with Crippen LogP contribution in [0.25, 0.3) is 11.3 Å². The van der Waals surface area contributed by atoms with E-state index in [2.05, 4.69) is 9.98 Å². The Morgan fingerprint density at radius 1 is 1.16 bits per heavy atom. The highest BCUT2D eigenvalue weighted by Gasteiger charge is 2.37. The fourth-order valence-electron chi connectivity index (χ4n) is 4.11. The molecule has 2 aromatic heterocycles. The first-order chi connectivity index (χ1) is 14.8. The second-order valence-electron chi connectivity index (χ2n) is 8.05. The molecule has 0 saturated carbocycles. The van der Waals surface area contributed by atoms with Crippen LogP contribution in [0.3, 0.4) is 0 Å². The number of anilines is 1. The summed E-state index contributed by atoms with van der Waals surface area (Å²) >= 11 is 0. The fourth-order valence-corrected chi connectivity index (χ4v) is 4.11. The Kier molecular flexibility index (Phi) is 5.37. The largest absolute Gasteiger partial charge is 0.494 e. The Labute approximate surface area is 181 Å². The van der Waals surface area contributed by atoms with Crippen molar-refractivity contribution < 1.29 is 9.90 Å². The molecule has 1 aromatic carbocycles. The van der Waals surface area contributed by atoms with Crippen molar-refractivity contribution >= 4 is 17.3 Å². The second-order valence-corrected chi connectivity index (χ2v) is 8.05. The molecule has 1 aliphatic heterocycles. The van der Waals surface area contributed by atoms with E-state index >= 15 is 0 Å². The summed E-state index contributed by atoms with van der Waals surface area (Å²) < 4.78 is 1.68. The minimum absolute atomic E-state index is 0.0246. The van der Waals surface area contributed by atoms with Crippen LogP contribution in [0.4, 0.5) is 5.69 Å². The number of nitrogens with zero attached hydrogens (tertiary/aromatic N) is 4. The topological polar surface area (TPSA) is 96.7 Å². The van der Waals surface area contributed by atoms with Crippen LogP contribution in [-0.2, 0) is 0 Å². The number of rotatable bonds is 6. The smallest absolute Gasteiger partial charge is 0.280 e. The Morgan fingerprint density at radius 3 is 2.48 bits per heavy atom. The van der Waals surface area contributed by atoms with Crippen molar-refractivity contribution in [1.29, 1.82) is 0 Å². The minimum atomic E-state index is -0.466. The SMILES string of the molecule is CCCC(N)n1c(O)c2c(c1-c1ccc(N(C)C)cc1)C(=O)N=C2c1ccncc1C. The number of aromatic nitrogens is 2. The van der Waals surface area contributed by atoms with Crippen LogP contribution in [0.15, 0.2) is 47.7 Å². The molecule has 0 saturated heterocycles. The Bertz CT molecular complexity index is 1180. The van der Waals surface area contributed by atoms with Gasteiger partial charge in [0.25, 0.3) is 5.91 Å². The third-order valence-corrected chi connectivity index (χ3v) is 5.69. The molecule has 3 aromatic rings. The summed E-state index contributed by atoms with van der Waals surface area (Å²) in [5.41, 5.74) is 11.9. The number of amides is 1. The molecule has 0 aliphatic carbocycles. The summed E-state index contributed by atoms with van der Waals surface area (Å²) in [7, 11) is 3.94. The lowest BCUT2D eigenvalue weighted by molar-refractivity contribution is 0.101. The number of aliphatic imine (C=N–C) groups is 1. The van der Waals surface area contributed by atoms with Gasteiger partial charge in [-0.1, -0.05) is 25.5 Å². The van der Waals surface area contributed by atoms with Gasteiger partial charge >= 0.3 is 0 Å². The van der Waals surface area contributed by atoms with Gasteiger partial charge in [0.2, 0.25) is 5.88 Å². The van der Waals surface area contributed by atoms with Crippen LogP contribution >= 0.6 is 0 Å². The van der Waals surface area contributed by atoms with E-state index in [-0.39, 0.29) is 11.8 Å². The number of hydrogen-bond donors (Lipinski definition) is 2. The predicted molar refractivity (Wildman–Crippen MR) is 123 cm³/mol. The van der Waals surface area contributed by atoms with Gasteiger partial charge < -0.3 is 15.7 Å². The number of aromatic hydroxyl groups is 1. The van der Waals surface area contributed by atoms with E-state index in [1.807, 2.05) is 63.2 Å². The molecule has 3 N–H and O–H groups in total. The van der Waals surface area contributed by atoms with E-state index < -0.39 is 6.17 Å². The first-order valence-electron chi connectivity index (χ1n) is 10.4. The van der Waals surface area contributed by atoms with Gasteiger partial charge in [-0.05, 0) is 42.7 Å². The zero-order valence-corrected chi connectivity index (χ0v) is 18.3. The predicted octanol–water partition coefficient (Wildman–Crippen LogP) is 3.88. The van der Waals surface area contributed by atoms with Crippen molar-refractivity contribution in [3.63, 3.8) is 0 Å². The van der Waals surface area contributed by atoms with Gasteiger partial charge in [0.15, 0.2) is 0 Å². The number of aryl methyl sites for hydroxylation is 1. The molecular weight excluding hydrogens is 390 g/mol. The van der Waals surface area contributed by atoms with Gasteiger partial charge in [-0.15, -0.1) is 0 Å². The first-order valence-corrected chi connectivity index (χ1v) is 10.4. The Morgan fingerprint density at radius 2 is 1.87 bits per heavy atom. The molecule has 31 heavy (non-hydrogen) atoms. The third kappa shape index (κ3) is 3.41. The summed E-state index contributed by atoms with van der Waals surface area (Å²) in [6.07, 6.45) is 4.43. The number of carbonyl (C=O) groups is 1. The molecule has 160 valence electrons. The molecule has 1 aliphatic rings. The maximum absolute atomic E-state index is 13.1. The van der Waals surface area contributed by atoms with Crippen LogP contribution in [0.2, 0.25) is 0 Å². The van der Waals surface area contributed by atoms with Crippen molar-refractivity contribution in [3.8, 4) is 17.1 Å². The van der Waals surface area contributed by atoms with Gasteiger partial charge in [0, 0.05) is 37.7 Å². The van der Waals surface area contributed by atoms with E-state index in [9.17, 15) is 9.90 Å². The minimum Gasteiger partial charge on any atom is -0.494 e. The van der Waals surface area contributed by atoms with Crippen LogP contribution < -0.4 is 10.6 Å². The van der Waals surface area contributed by atoms with E-state index in [1.54, 1.807) is 17.0 Å². The molecule has 0 spiro atoms. The average Bonchev–Trinajstić information content (AvgIpc) is 3.24. The fraction of sp³-hybridized carbons (Fsp3) is 0.292. The lowest BCUT2D eigenvalue weighted by Gasteiger charge is -2.19. The van der Waals surface area contributed by atoms with Crippen LogP contribution in [-0.4, -0.2) is 40.4 Å². The van der Waals surface area contributed by atoms with Crippen molar-refractivity contribution in [1.82, 2.24) is 9.55 Å². The molecule has 0 bridgehead atoms. The highest BCUT2D eigenvalue weighted by molar-refractivity contribution is 6.30. The molecule has 1 unspecified atom stereocenters. The molecule has 0 fully saturated rings. The molecule has 7 nitrogen and oxygen atoms in total. The second kappa shape index (κ2) is 8.00. The summed E-state index contributed by atoms with van der Waals surface area (Å²) in [5.74, 6) is -0.394. The molecule has 1 amide bonds. The lowest BCUT2D eigenvalue weighted by atomic mass is 9.98. The molecule has 0 radical (unpaired) electrons. The standard InChI is InChI=1S/C24H27N5O2/c1-5-6-18(25)29-22(15-7-9-16(10-8-15)28(3)4)20-19(24(29)31)21(27-23(20)30)17-11-12-26-13-14(17)2/h7-13,18,31H,5-6,25H2,1-4H3. The van der Waals surface area contributed by atoms with Crippen molar-refractivity contribution in [2.24, 2.45) is 10.7 Å². The number of carbonyl (C=O) groups excluding carboxylic acids is 1. The van der Waals surface area contributed by atoms with Crippen LogP contribution in [0.5, 0.6) is 5.88 Å². The van der Waals surface area contributed by atoms with E-state index in [1.165, 1.54) is 0 Å². The molecule has 1 atom stereocenters. The Balaban J connectivity index is 1.97. The average molecular weight is 418 g/mol. The third-order valence-electron chi connectivity index (χ3n) is 5.69. The van der Waals surface area contributed by atoms with Crippen LogP contribution in [0.1, 0.15) is 53.0 Å². The Hall–Kier alpha value is -3.45. The van der Waals surface area contributed by atoms with Crippen LogP contribution in [0, 0.1) is 6.92 Å². The van der Waals surface area contributed by atoms with Crippen molar-refractivity contribution in [3.05, 3.63) is 65.0 Å². The number of fused-ring (bicyclic) bond motifs is 1. The van der Waals surface area contributed by atoms with E-state index in [0.29, 0.717) is 29.0 Å². The number of pyridine rings is 1. The van der Waals surface area contributed by atoms with Gasteiger partial charge in [-0.2, -0.15) is 0 Å². The normalized spacial score (nSPS) is 13.8. The van der Waals surface area contributed by atoms with Gasteiger partial charge in [-0.3, -0.25) is 14.3 Å². The van der Waals surface area contributed by atoms with E-state index in [4.69, 9.17) is 5.73 Å². The highest BCUT2D eigenvalue weighted by atomic mass is 16.3. The maximum Gasteiger partial charge on any atom is 0.280 e. The van der Waals surface area contributed by atoms with Gasteiger partial charge in [0.1, 0.15) is 0 Å². The first kappa shape index (κ1) is 20.8. The summed E-state index contributed by atoms with van der Waals surface area (Å²) in [6.45, 7) is 3.95. The molecular formula is C24H27N5O2. The highest BCUT2D eigenvalue weighted by Crippen LogP contribution is 2.43. The zero-order chi connectivity index (χ0) is 22.3. The molecule has 4 rings (SSSR count). The monoisotopic (exact) mass is 417 g/mol. The van der Waals surface area contributed by atoms with Gasteiger partial charge in [-0.25, -0.2) is 4.99 Å². The maximum atomic E-state index is 13.1. The number of benzene rings is 1. The van der Waals surface area contributed by atoms with Gasteiger partial charge in [0.05, 0.1) is 28.7 Å². The summed E-state index contributed by atoms with van der Waals surface area (Å²) in [6, 6.07) is 9.67. The quantitative estimate of drug-likeness (QED) is 0.634. The summed E-state index contributed by atoms with van der Waals surface area (Å²) in [4.78, 5) is 23.5. The zero-order valence-electron chi connectivity index (χ0n) is 18.3. The molecule has 7 heteroatoms. The number of nitrogens with two attached hydrogens (primary N) is 1. The lowest BCUT2D eigenvalue weighted by Crippen LogP contribution is -2.20. The molecule has 3 heterocycles. The van der Waals surface area contributed by atoms with Crippen molar-refractivity contribution in [2.75, 3.05) is 19.0 Å². The summed E-state index contributed by atoms with van der Waals surface area (Å²) in [5, 5.41) is 11.3. The van der Waals surface area contributed by atoms with Crippen molar-refractivity contribution in [2.45, 2.75) is 32.9 Å².